The number of furan rings is 1. The van der Waals surface area contributed by atoms with Crippen LogP contribution < -0.4 is 5.32 Å². The molecule has 0 aliphatic heterocycles. The molecule has 3 aromatic rings. The first kappa shape index (κ1) is 16.2. The van der Waals surface area contributed by atoms with Crippen molar-refractivity contribution >= 4 is 28.5 Å². The second kappa shape index (κ2) is 6.84. The van der Waals surface area contributed by atoms with Crippen molar-refractivity contribution in [3.05, 3.63) is 64.4 Å². The van der Waals surface area contributed by atoms with Gasteiger partial charge in [0, 0.05) is 17.0 Å². The van der Waals surface area contributed by atoms with E-state index in [1.807, 2.05) is 30.5 Å². The van der Waals surface area contributed by atoms with Gasteiger partial charge in [0.15, 0.2) is 5.13 Å². The van der Waals surface area contributed by atoms with E-state index in [9.17, 15) is 4.79 Å². The molecule has 1 aromatic carbocycles. The van der Waals surface area contributed by atoms with E-state index in [4.69, 9.17) is 4.42 Å². The molecular formula is C19H18N2O2S. The van der Waals surface area contributed by atoms with Crippen molar-refractivity contribution in [2.75, 3.05) is 5.32 Å². The largest absolute Gasteiger partial charge is 0.462 e. The van der Waals surface area contributed by atoms with Crippen LogP contribution in [0, 0.1) is 20.8 Å². The molecule has 122 valence electrons. The molecule has 1 N–H and O–H groups in total. The van der Waals surface area contributed by atoms with Crippen LogP contribution in [0.15, 0.2) is 46.2 Å². The van der Waals surface area contributed by atoms with Crippen molar-refractivity contribution in [2.45, 2.75) is 20.8 Å². The maximum absolute atomic E-state index is 12.0. The Morgan fingerprint density at radius 2 is 2.00 bits per heavy atom. The number of anilines is 1. The molecule has 0 saturated heterocycles. The van der Waals surface area contributed by atoms with Crippen LogP contribution >= 0.6 is 11.3 Å². The second-order valence-corrected chi connectivity index (χ2v) is 6.47. The lowest BCUT2D eigenvalue weighted by molar-refractivity contribution is -0.111. The number of amides is 1. The van der Waals surface area contributed by atoms with Gasteiger partial charge in [-0.25, -0.2) is 4.98 Å². The van der Waals surface area contributed by atoms with Gasteiger partial charge in [-0.15, -0.1) is 11.3 Å². The van der Waals surface area contributed by atoms with Crippen molar-refractivity contribution in [1.82, 2.24) is 4.98 Å². The molecule has 2 aromatic heterocycles. The monoisotopic (exact) mass is 338 g/mol. The van der Waals surface area contributed by atoms with Gasteiger partial charge in [0.1, 0.15) is 11.5 Å². The third kappa shape index (κ3) is 3.81. The average molecular weight is 338 g/mol. The molecule has 0 unspecified atom stereocenters. The number of carbonyl (C=O) groups is 1. The van der Waals surface area contributed by atoms with Crippen LogP contribution in [0.4, 0.5) is 5.13 Å². The number of rotatable bonds is 4. The van der Waals surface area contributed by atoms with Gasteiger partial charge >= 0.3 is 0 Å². The standard InChI is InChI=1S/C19H18N2O2S/c1-12-4-6-15(10-13(12)2)17-11-24-19(20-17)21-18(22)9-8-16-7-5-14(3)23-16/h4-11H,1-3H3,(H,20,21,22)/b9-8+. The molecule has 4 nitrogen and oxygen atoms in total. The van der Waals surface area contributed by atoms with E-state index in [1.54, 1.807) is 6.08 Å². The zero-order valence-corrected chi connectivity index (χ0v) is 14.6. The molecule has 0 saturated carbocycles. The van der Waals surface area contributed by atoms with E-state index in [-0.39, 0.29) is 5.91 Å². The van der Waals surface area contributed by atoms with Gasteiger partial charge in [0.25, 0.3) is 0 Å². The fraction of sp³-hybridized carbons (Fsp3) is 0.158. The summed E-state index contributed by atoms with van der Waals surface area (Å²) in [6, 6.07) is 9.90. The Morgan fingerprint density at radius 3 is 2.71 bits per heavy atom. The van der Waals surface area contributed by atoms with Crippen LogP contribution in [0.5, 0.6) is 0 Å². The zero-order valence-electron chi connectivity index (χ0n) is 13.8. The Labute approximate surface area is 144 Å². The third-order valence-corrected chi connectivity index (χ3v) is 4.45. The number of hydrogen-bond donors (Lipinski definition) is 1. The van der Waals surface area contributed by atoms with Gasteiger partial charge in [-0.1, -0.05) is 12.1 Å². The summed E-state index contributed by atoms with van der Waals surface area (Å²) in [5, 5.41) is 5.30. The first-order valence-electron chi connectivity index (χ1n) is 7.60. The van der Waals surface area contributed by atoms with Gasteiger partial charge in [-0.2, -0.15) is 0 Å². The lowest BCUT2D eigenvalue weighted by Crippen LogP contribution is -2.07. The predicted molar refractivity (Wildman–Crippen MR) is 98.1 cm³/mol. The second-order valence-electron chi connectivity index (χ2n) is 5.61. The SMILES string of the molecule is Cc1ccc(/C=C/C(=O)Nc2nc(-c3ccc(C)c(C)c3)cs2)o1. The number of benzene rings is 1. The van der Waals surface area contributed by atoms with Crippen LogP contribution in [-0.2, 0) is 4.79 Å². The fourth-order valence-electron chi connectivity index (χ4n) is 2.21. The van der Waals surface area contributed by atoms with Crippen LogP contribution in [-0.4, -0.2) is 10.9 Å². The van der Waals surface area contributed by atoms with Crippen LogP contribution in [0.25, 0.3) is 17.3 Å². The molecule has 3 rings (SSSR count). The Bertz CT molecular complexity index is 906. The van der Waals surface area contributed by atoms with Crippen molar-refractivity contribution in [1.29, 1.82) is 0 Å². The number of aryl methyl sites for hydroxylation is 3. The summed E-state index contributed by atoms with van der Waals surface area (Å²) >= 11 is 1.41. The molecule has 0 spiro atoms. The van der Waals surface area contributed by atoms with E-state index in [2.05, 4.69) is 36.3 Å². The summed E-state index contributed by atoms with van der Waals surface area (Å²) in [4.78, 5) is 16.4. The summed E-state index contributed by atoms with van der Waals surface area (Å²) in [6.07, 6.45) is 3.08. The maximum atomic E-state index is 12.0. The van der Waals surface area contributed by atoms with Crippen LogP contribution in [0.2, 0.25) is 0 Å². The van der Waals surface area contributed by atoms with Crippen molar-refractivity contribution in [3.63, 3.8) is 0 Å². The summed E-state index contributed by atoms with van der Waals surface area (Å²) in [6.45, 7) is 6.02. The van der Waals surface area contributed by atoms with Crippen molar-refractivity contribution in [3.8, 4) is 11.3 Å². The van der Waals surface area contributed by atoms with Crippen LogP contribution in [0.1, 0.15) is 22.6 Å². The molecule has 0 aliphatic rings. The number of nitrogens with zero attached hydrogens (tertiary/aromatic N) is 1. The fourth-order valence-corrected chi connectivity index (χ4v) is 2.93. The molecule has 0 atom stereocenters. The minimum Gasteiger partial charge on any atom is -0.462 e. The normalized spacial score (nSPS) is 11.1. The lowest BCUT2D eigenvalue weighted by Gasteiger charge is -2.02. The minimum atomic E-state index is -0.231. The van der Waals surface area contributed by atoms with Gasteiger partial charge in [-0.05, 0) is 56.2 Å². The molecular weight excluding hydrogens is 320 g/mol. The summed E-state index contributed by atoms with van der Waals surface area (Å²) in [7, 11) is 0. The summed E-state index contributed by atoms with van der Waals surface area (Å²) in [5.41, 5.74) is 4.39. The first-order chi connectivity index (χ1) is 11.5. The number of thiazole rings is 1. The highest BCUT2D eigenvalue weighted by Crippen LogP contribution is 2.26. The quantitative estimate of drug-likeness (QED) is 0.683. The Hall–Kier alpha value is -2.66. The van der Waals surface area contributed by atoms with E-state index in [0.29, 0.717) is 10.9 Å². The molecule has 0 bridgehead atoms. The molecule has 24 heavy (non-hydrogen) atoms. The number of nitrogens with one attached hydrogen (secondary N) is 1. The zero-order chi connectivity index (χ0) is 17.1. The molecule has 0 radical (unpaired) electrons. The Kier molecular flexibility index (Phi) is 4.62. The number of aromatic nitrogens is 1. The third-order valence-electron chi connectivity index (χ3n) is 3.70. The van der Waals surface area contributed by atoms with Gasteiger partial charge in [0.05, 0.1) is 5.69 Å². The van der Waals surface area contributed by atoms with E-state index in [1.165, 1.54) is 28.5 Å². The molecule has 2 heterocycles. The number of hydrogen-bond acceptors (Lipinski definition) is 4. The highest BCUT2D eigenvalue weighted by atomic mass is 32.1. The highest BCUT2D eigenvalue weighted by molar-refractivity contribution is 7.14. The Morgan fingerprint density at radius 1 is 1.17 bits per heavy atom. The van der Waals surface area contributed by atoms with Gasteiger partial charge in [0.2, 0.25) is 5.91 Å². The van der Waals surface area contributed by atoms with Gasteiger partial charge in [-0.3, -0.25) is 10.1 Å². The first-order valence-corrected chi connectivity index (χ1v) is 8.48. The highest BCUT2D eigenvalue weighted by Gasteiger charge is 2.07. The molecule has 0 fully saturated rings. The van der Waals surface area contributed by atoms with Crippen molar-refractivity contribution < 1.29 is 9.21 Å². The van der Waals surface area contributed by atoms with E-state index >= 15 is 0 Å². The van der Waals surface area contributed by atoms with Crippen molar-refractivity contribution in [2.24, 2.45) is 0 Å². The molecule has 1 amide bonds. The topological polar surface area (TPSA) is 55.1 Å². The molecule has 5 heteroatoms. The number of carbonyl (C=O) groups excluding carboxylic acids is 1. The maximum Gasteiger partial charge on any atom is 0.250 e. The van der Waals surface area contributed by atoms with Gasteiger partial charge < -0.3 is 4.42 Å². The minimum absolute atomic E-state index is 0.231. The van der Waals surface area contributed by atoms with E-state index < -0.39 is 0 Å². The summed E-state index contributed by atoms with van der Waals surface area (Å²) in [5.74, 6) is 1.23. The average Bonchev–Trinajstić information content (AvgIpc) is 3.17. The Balaban J connectivity index is 1.68. The smallest absolute Gasteiger partial charge is 0.250 e. The van der Waals surface area contributed by atoms with Crippen LogP contribution in [0.3, 0.4) is 0 Å². The lowest BCUT2D eigenvalue weighted by atomic mass is 10.1. The summed E-state index contributed by atoms with van der Waals surface area (Å²) < 4.78 is 5.39. The predicted octanol–water partition coefficient (Wildman–Crippen LogP) is 4.98. The molecule has 0 aliphatic carbocycles. The van der Waals surface area contributed by atoms with E-state index in [0.717, 1.165) is 17.0 Å².